The lowest BCUT2D eigenvalue weighted by atomic mass is 10.0. The van der Waals surface area contributed by atoms with Crippen LogP contribution in [0.15, 0.2) is 72.8 Å². The third-order valence-electron chi connectivity index (χ3n) is 14.1. The second-order valence-electron chi connectivity index (χ2n) is 20.6. The minimum absolute atomic E-state index is 0.520. The summed E-state index contributed by atoms with van der Waals surface area (Å²) in [5.74, 6) is 1.56. The van der Waals surface area contributed by atoms with Crippen LogP contribution in [0, 0.1) is 0 Å². The Morgan fingerprint density at radius 3 is 0.676 bits per heavy atom. The largest absolute Gasteiger partial charge is 0.647 e. The highest BCUT2D eigenvalue weighted by Gasteiger charge is 2.33. The Hall–Kier alpha value is -2.71. The number of phosphoric ester groups is 1. The van der Waals surface area contributed by atoms with E-state index < -0.39 is 7.82 Å². The minimum atomic E-state index is -4.12. The van der Waals surface area contributed by atoms with E-state index in [9.17, 15) is 4.57 Å². The number of phosphoric acid groups is 1. The number of hydrogen-bond acceptors (Lipinski definition) is 4. The molecule has 0 aliphatic rings. The van der Waals surface area contributed by atoms with Gasteiger partial charge in [-0.2, -0.15) is 4.57 Å². The molecule has 0 aliphatic carbocycles. The molecule has 5 heteroatoms. The first kappa shape index (κ1) is 59.6. The van der Waals surface area contributed by atoms with Gasteiger partial charge in [0.15, 0.2) is 0 Å². The van der Waals surface area contributed by atoms with E-state index >= 15 is 0 Å². The van der Waals surface area contributed by atoms with E-state index in [-0.39, 0.29) is 0 Å². The molecular weight excluding hydrogens is 852 g/mol. The van der Waals surface area contributed by atoms with Gasteiger partial charge in [-0.25, -0.2) is 0 Å². The predicted octanol–water partition coefficient (Wildman–Crippen LogP) is 22.2. The van der Waals surface area contributed by atoms with Crippen molar-refractivity contribution in [3.63, 3.8) is 0 Å². The number of benzene rings is 3. The molecule has 0 bridgehead atoms. The lowest BCUT2D eigenvalue weighted by molar-refractivity contribution is 0.298. The summed E-state index contributed by atoms with van der Waals surface area (Å²) in [4.78, 5) is 0. The van der Waals surface area contributed by atoms with Crippen molar-refractivity contribution in [1.29, 1.82) is 0 Å². The molecular formula is C63H105O4P. The second kappa shape index (κ2) is 42.0. The molecule has 3 aromatic carbocycles. The molecule has 0 radical (unpaired) electrons. The van der Waals surface area contributed by atoms with Gasteiger partial charge in [-0.05, 0) is 91.6 Å². The molecule has 3 rings (SSSR count). The first-order valence-electron chi connectivity index (χ1n) is 29.5. The molecule has 0 fully saturated rings. The summed E-state index contributed by atoms with van der Waals surface area (Å²) < 4.78 is 33.8. The topological polar surface area (TPSA) is 44.8 Å². The van der Waals surface area contributed by atoms with E-state index in [0.29, 0.717) is 17.2 Å². The van der Waals surface area contributed by atoms with E-state index in [1.165, 1.54) is 248 Å². The molecule has 386 valence electrons. The van der Waals surface area contributed by atoms with Gasteiger partial charge in [0, 0.05) is 0 Å². The molecule has 0 amide bonds. The van der Waals surface area contributed by atoms with E-state index in [4.69, 9.17) is 13.6 Å². The maximum Gasteiger partial charge on any atom is 0.647 e. The zero-order chi connectivity index (χ0) is 48.3. The lowest BCUT2D eigenvalue weighted by Crippen LogP contribution is -2.08. The van der Waals surface area contributed by atoms with Gasteiger partial charge in [-0.3, -0.25) is 0 Å². The first-order valence-corrected chi connectivity index (χ1v) is 30.9. The Kier molecular flexibility index (Phi) is 36.8. The Bertz CT molecular complexity index is 1450. The van der Waals surface area contributed by atoms with Crippen molar-refractivity contribution in [3.05, 3.63) is 89.5 Å². The van der Waals surface area contributed by atoms with Gasteiger partial charge in [-0.1, -0.05) is 288 Å². The monoisotopic (exact) mass is 957 g/mol. The molecule has 0 unspecified atom stereocenters. The zero-order valence-electron chi connectivity index (χ0n) is 44.7. The van der Waals surface area contributed by atoms with Crippen molar-refractivity contribution in [2.75, 3.05) is 0 Å². The average Bonchev–Trinajstić information content (AvgIpc) is 3.33. The standard InChI is InChI=1S/C63H105O4P/c1-4-7-10-13-16-19-22-25-28-31-34-37-40-46-58-49-43-52-61(55-58)65-68(64,66-62-53-44-50-59(56-62)47-41-38-35-32-29-26-23-20-17-14-11-8-5-2)67-63-54-45-51-60(57-63)48-42-39-36-33-30-27-24-21-18-15-12-9-6-3/h43-45,49-57H,4-42,46-48H2,1-3H3. The molecule has 0 spiro atoms. The lowest BCUT2D eigenvalue weighted by Gasteiger charge is -2.20. The molecule has 4 nitrogen and oxygen atoms in total. The van der Waals surface area contributed by atoms with Crippen molar-refractivity contribution in [3.8, 4) is 17.2 Å². The fourth-order valence-corrected chi connectivity index (χ4v) is 11.0. The summed E-state index contributed by atoms with van der Waals surface area (Å²) >= 11 is 0. The smallest absolute Gasteiger partial charge is 0.386 e. The van der Waals surface area contributed by atoms with E-state index in [0.717, 1.165) is 38.5 Å². The second-order valence-corrected chi connectivity index (χ2v) is 22.1. The third-order valence-corrected chi connectivity index (χ3v) is 15.4. The molecule has 3 aromatic rings. The van der Waals surface area contributed by atoms with Crippen molar-refractivity contribution >= 4 is 7.82 Å². The molecule has 0 aromatic heterocycles. The Labute approximate surface area is 421 Å². The van der Waals surface area contributed by atoms with Crippen LogP contribution in [0.1, 0.15) is 288 Å². The van der Waals surface area contributed by atoms with Crippen LogP contribution in [-0.4, -0.2) is 0 Å². The average molecular weight is 958 g/mol. The predicted molar refractivity (Wildman–Crippen MR) is 297 cm³/mol. The summed E-state index contributed by atoms with van der Waals surface area (Å²) in [6.45, 7) is 6.87. The minimum Gasteiger partial charge on any atom is -0.386 e. The van der Waals surface area contributed by atoms with Crippen molar-refractivity contribution < 1.29 is 18.1 Å². The van der Waals surface area contributed by atoms with Crippen LogP contribution < -0.4 is 13.6 Å². The SMILES string of the molecule is CCCCCCCCCCCCCCCc1cccc(OP(=O)(Oc2cccc(CCCCCCCCCCCCCCC)c2)Oc2cccc(CCCCCCCCCCCCCCC)c2)c1. The van der Waals surface area contributed by atoms with Crippen LogP contribution in [0.4, 0.5) is 0 Å². The number of hydrogen-bond donors (Lipinski definition) is 0. The zero-order valence-corrected chi connectivity index (χ0v) is 45.6. The molecule has 0 aliphatic heterocycles. The number of aryl methyl sites for hydroxylation is 3. The Morgan fingerprint density at radius 1 is 0.279 bits per heavy atom. The molecule has 0 saturated carbocycles. The third kappa shape index (κ3) is 32.2. The Morgan fingerprint density at radius 2 is 0.471 bits per heavy atom. The van der Waals surface area contributed by atoms with Gasteiger partial charge in [0.05, 0.1) is 0 Å². The van der Waals surface area contributed by atoms with E-state index in [2.05, 4.69) is 39.0 Å². The summed E-state index contributed by atoms with van der Waals surface area (Å²) in [7, 11) is -4.12. The van der Waals surface area contributed by atoms with Crippen LogP contribution in [0.5, 0.6) is 17.2 Å². The highest BCUT2D eigenvalue weighted by Crippen LogP contribution is 2.50. The molecule has 0 saturated heterocycles. The quantitative estimate of drug-likeness (QED) is 0.0418. The number of rotatable bonds is 48. The molecule has 0 N–H and O–H groups in total. The highest BCUT2D eigenvalue weighted by molar-refractivity contribution is 7.49. The van der Waals surface area contributed by atoms with Crippen molar-refractivity contribution in [2.24, 2.45) is 0 Å². The molecule has 68 heavy (non-hydrogen) atoms. The van der Waals surface area contributed by atoms with Gasteiger partial charge in [-0.15, -0.1) is 0 Å². The van der Waals surface area contributed by atoms with Gasteiger partial charge < -0.3 is 13.6 Å². The van der Waals surface area contributed by atoms with Gasteiger partial charge >= 0.3 is 7.82 Å². The van der Waals surface area contributed by atoms with Crippen molar-refractivity contribution in [2.45, 2.75) is 290 Å². The fourth-order valence-electron chi connectivity index (χ4n) is 9.76. The summed E-state index contributed by atoms with van der Waals surface area (Å²) in [6, 6.07) is 24.2. The summed E-state index contributed by atoms with van der Waals surface area (Å²) in [6.07, 6.45) is 55.4. The van der Waals surface area contributed by atoms with Crippen LogP contribution >= 0.6 is 7.82 Å². The van der Waals surface area contributed by atoms with Crippen LogP contribution in [0.2, 0.25) is 0 Å². The fraction of sp³-hybridized carbons (Fsp3) is 0.714. The van der Waals surface area contributed by atoms with Gasteiger partial charge in [0.25, 0.3) is 0 Å². The maximum absolute atomic E-state index is 14.8. The van der Waals surface area contributed by atoms with E-state index in [1.54, 1.807) is 0 Å². The van der Waals surface area contributed by atoms with Crippen LogP contribution in [0.3, 0.4) is 0 Å². The van der Waals surface area contributed by atoms with Gasteiger partial charge in [0.2, 0.25) is 0 Å². The summed E-state index contributed by atoms with van der Waals surface area (Å²) in [5.41, 5.74) is 3.57. The number of unbranched alkanes of at least 4 members (excludes halogenated alkanes) is 36. The van der Waals surface area contributed by atoms with Crippen LogP contribution in [0.25, 0.3) is 0 Å². The summed E-state index contributed by atoms with van der Waals surface area (Å²) in [5, 5.41) is 0. The highest BCUT2D eigenvalue weighted by atomic mass is 31.2. The maximum atomic E-state index is 14.8. The van der Waals surface area contributed by atoms with Crippen molar-refractivity contribution in [1.82, 2.24) is 0 Å². The van der Waals surface area contributed by atoms with E-state index in [1.807, 2.05) is 54.6 Å². The normalized spacial score (nSPS) is 11.6. The van der Waals surface area contributed by atoms with Crippen LogP contribution in [-0.2, 0) is 23.8 Å². The molecule has 0 heterocycles. The van der Waals surface area contributed by atoms with Gasteiger partial charge in [0.1, 0.15) is 17.2 Å². The first-order chi connectivity index (χ1) is 33.5. The molecule has 0 atom stereocenters. The Balaban J connectivity index is 1.50.